The molecule has 1 saturated heterocycles. The highest BCUT2D eigenvalue weighted by Gasteiger charge is 2.40. The van der Waals surface area contributed by atoms with Gasteiger partial charge in [-0.3, -0.25) is 95.9 Å². The van der Waals surface area contributed by atoms with Crippen molar-refractivity contribution in [1.29, 1.82) is 0 Å². The third kappa shape index (κ3) is 34.3. The minimum Gasteiger partial charge on any atom is -0.481 e. The molecule has 25 N–H and O–H groups in total. The van der Waals surface area contributed by atoms with E-state index >= 15 is 0 Å². The molecule has 0 saturated carbocycles. The summed E-state index contributed by atoms with van der Waals surface area (Å²) in [5, 5.41) is 84.0. The predicted octanol–water partition coefficient (Wildman–Crippen LogP) is -7.08. The number of H-pyrrole nitrogens is 1. The molecule has 17 amide bonds. The van der Waals surface area contributed by atoms with Gasteiger partial charge in [-0.1, -0.05) is 90.1 Å². The number of carboxylic acid groups (broad SMARTS) is 3. The van der Waals surface area contributed by atoms with Gasteiger partial charge >= 0.3 is 17.9 Å². The summed E-state index contributed by atoms with van der Waals surface area (Å²) < 4.78 is 0. The van der Waals surface area contributed by atoms with Crippen LogP contribution in [0.15, 0.2) is 60.8 Å². The van der Waals surface area contributed by atoms with E-state index in [4.69, 9.17) is 16.6 Å². The highest BCUT2D eigenvalue weighted by atomic mass is 16.4. The number of nitrogens with one attached hydrogen (secondary N) is 16. The molecule has 0 aliphatic carbocycles. The largest absolute Gasteiger partial charge is 0.481 e. The maximum atomic E-state index is 15.0. The summed E-state index contributed by atoms with van der Waals surface area (Å²) in [5.41, 5.74) is 12.8. The summed E-state index contributed by atoms with van der Waals surface area (Å²) in [6.07, 6.45) is -2.37. The number of hydrogen-bond acceptors (Lipinski definition) is 23. The Morgan fingerprint density at radius 3 is 1.43 bits per heavy atom. The fourth-order valence-corrected chi connectivity index (χ4v) is 12.4. The zero-order valence-corrected chi connectivity index (χ0v) is 68.6. The van der Waals surface area contributed by atoms with Crippen LogP contribution in [0.4, 0.5) is 0 Å². The quantitative estimate of drug-likeness (QED) is 0.0250. The molecule has 14 atom stereocenters. The van der Waals surface area contributed by atoms with Gasteiger partial charge in [0, 0.05) is 49.3 Å². The van der Waals surface area contributed by atoms with Crippen molar-refractivity contribution >= 4 is 129 Å². The molecule has 3 aromatic rings. The third-order valence-electron chi connectivity index (χ3n) is 18.9. The summed E-state index contributed by atoms with van der Waals surface area (Å²) in [6.45, 7) is 9.53. The molecule has 2 aromatic carbocycles. The highest BCUT2D eigenvalue weighted by molar-refractivity contribution is 6.02. The molecule has 2 heterocycles. The van der Waals surface area contributed by atoms with Gasteiger partial charge in [-0.2, -0.15) is 0 Å². The Bertz CT molecular complexity index is 4200. The molecule has 0 bridgehead atoms. The Balaban J connectivity index is 1.53. The first-order valence-electron chi connectivity index (χ1n) is 39.2. The van der Waals surface area contributed by atoms with E-state index in [0.717, 1.165) is 4.90 Å². The van der Waals surface area contributed by atoms with Crippen molar-refractivity contribution in [3.05, 3.63) is 71.9 Å². The number of aromatic amines is 1. The third-order valence-corrected chi connectivity index (χ3v) is 18.9. The van der Waals surface area contributed by atoms with Gasteiger partial charge in [0.2, 0.25) is 100 Å². The minimum absolute atomic E-state index is 0.0272. The van der Waals surface area contributed by atoms with Crippen LogP contribution >= 0.6 is 0 Å². The number of aromatic nitrogens is 1. The van der Waals surface area contributed by atoms with Gasteiger partial charge in [0.25, 0.3) is 0 Å². The lowest BCUT2D eigenvalue weighted by molar-refractivity contribution is -0.140. The average Bonchev–Trinajstić information content (AvgIpc) is 1.57. The maximum absolute atomic E-state index is 15.0. The summed E-state index contributed by atoms with van der Waals surface area (Å²) in [4.78, 5) is 271. The van der Waals surface area contributed by atoms with Crippen molar-refractivity contribution in [2.45, 2.75) is 218 Å². The van der Waals surface area contributed by atoms with E-state index in [1.807, 2.05) is 5.32 Å². The number of carbonyl (C=O) groups excluding carboxylic acids is 17. The molecule has 1 aliphatic heterocycles. The lowest BCUT2D eigenvalue weighted by Crippen LogP contribution is -2.62. The fraction of sp³-hybridized carbons (Fsp3) is 0.558. The van der Waals surface area contributed by atoms with E-state index in [-0.39, 0.29) is 50.5 Å². The zero-order valence-electron chi connectivity index (χ0n) is 68.6. The number of para-hydroxylation sites is 1. The van der Waals surface area contributed by atoms with Crippen LogP contribution in [-0.4, -0.2) is 278 Å². The first kappa shape index (κ1) is 101. The van der Waals surface area contributed by atoms with Crippen molar-refractivity contribution in [2.24, 2.45) is 29.2 Å². The number of carboxylic acids is 3. The van der Waals surface area contributed by atoms with E-state index in [0.29, 0.717) is 28.5 Å². The van der Waals surface area contributed by atoms with Gasteiger partial charge in [0.1, 0.15) is 85.1 Å². The summed E-state index contributed by atoms with van der Waals surface area (Å²) >= 11 is 0. The van der Waals surface area contributed by atoms with Crippen molar-refractivity contribution in [1.82, 2.24) is 89.6 Å². The molecule has 1 aliphatic rings. The van der Waals surface area contributed by atoms with Gasteiger partial charge in [-0.25, -0.2) is 0 Å². The number of primary amides is 1. The molecule has 0 spiro atoms. The summed E-state index contributed by atoms with van der Waals surface area (Å²) in [6, 6.07) is -6.56. The Labute approximate surface area is 695 Å². The van der Waals surface area contributed by atoms with Crippen LogP contribution in [-0.2, 0) is 109 Å². The van der Waals surface area contributed by atoms with Crippen molar-refractivity contribution < 1.29 is 121 Å². The second kappa shape index (κ2) is 49.6. The first-order chi connectivity index (χ1) is 56.9. The van der Waals surface area contributed by atoms with E-state index in [1.165, 1.54) is 34.6 Å². The summed E-state index contributed by atoms with van der Waals surface area (Å²) in [5.74, 6) is -22.7. The number of rotatable bonds is 51. The molecule has 0 radical (unpaired) electrons. The zero-order chi connectivity index (χ0) is 90.7. The SMILES string of the molecule is CC(C)C[C@H](NC(=O)[C@H](CC(C)C)NC(=O)[C@H](Cc1c[nH]c2ccccc12)NC(=O)[C@H](CC(N)=O)NC(=O)[C@@H](NC(=O)[C@H](Cc1ccccc1)NC(=O)[C@H](CCC(=O)O)NC(=O)[C@H](CCC(=O)O)NC(=O)[C@H](C)NC(=O)[C@H](C)N)C(C)C)C(=O)N[C@@H](C)C(=O)NCC(=O)NCC(=O)N1CCC[C@H]1C(=O)N[C@@H](CO)C(=O)N[C@@H](CO)C(=O)NCC(=O)O. The van der Waals surface area contributed by atoms with Gasteiger partial charge in [-0.05, 0) is 94.2 Å². The highest BCUT2D eigenvalue weighted by Crippen LogP contribution is 2.22. The Kier molecular flexibility index (Phi) is 41.2. The van der Waals surface area contributed by atoms with Crippen LogP contribution in [0.25, 0.3) is 10.9 Å². The molecule has 121 heavy (non-hydrogen) atoms. The molecule has 1 fully saturated rings. The number of nitrogens with zero attached hydrogens (tertiary/aromatic N) is 1. The lowest BCUT2D eigenvalue weighted by Gasteiger charge is -2.29. The number of hydrogen-bond donors (Lipinski definition) is 23. The number of fused-ring (bicyclic) bond motifs is 1. The van der Waals surface area contributed by atoms with E-state index in [1.54, 1.807) is 88.5 Å². The molecule has 44 heteroatoms. The van der Waals surface area contributed by atoms with Crippen LogP contribution < -0.4 is 91.2 Å². The molecule has 1 aromatic heterocycles. The minimum atomic E-state index is -1.91. The second-order valence-electron chi connectivity index (χ2n) is 30.3. The van der Waals surface area contributed by atoms with Gasteiger partial charge < -0.3 is 127 Å². The number of aliphatic hydroxyl groups excluding tert-OH is 2. The summed E-state index contributed by atoms with van der Waals surface area (Å²) in [7, 11) is 0. The van der Waals surface area contributed by atoms with Crippen molar-refractivity contribution in [3.63, 3.8) is 0 Å². The number of aliphatic carboxylic acids is 3. The average molecular weight is 1700 g/mol. The van der Waals surface area contributed by atoms with Crippen LogP contribution in [0.1, 0.15) is 131 Å². The number of carbonyl (C=O) groups is 20. The Hall–Kier alpha value is -12.7. The van der Waals surface area contributed by atoms with Gasteiger partial charge in [0.15, 0.2) is 0 Å². The van der Waals surface area contributed by atoms with Crippen LogP contribution in [0, 0.1) is 17.8 Å². The normalized spacial score (nSPS) is 15.6. The van der Waals surface area contributed by atoms with E-state index in [9.17, 15) is 116 Å². The Morgan fingerprint density at radius 2 is 0.893 bits per heavy atom. The second-order valence-corrected chi connectivity index (χ2v) is 30.3. The smallest absolute Gasteiger partial charge is 0.322 e. The predicted molar refractivity (Wildman–Crippen MR) is 427 cm³/mol. The van der Waals surface area contributed by atoms with E-state index in [2.05, 4.69) is 79.4 Å². The van der Waals surface area contributed by atoms with E-state index < -0.39 is 274 Å². The monoisotopic (exact) mass is 1700 g/mol. The number of likely N-dealkylation sites (tertiary alicyclic amines) is 1. The van der Waals surface area contributed by atoms with Gasteiger partial charge in [0.05, 0.1) is 38.8 Å². The standard InChI is InChI=1S/C77H113N19O25/c1-37(2)26-49(70(114)85-41(8)65(109)82-32-58(100)81-33-59(101)96-25-15-20-56(96)76(120)94-55(36-98)75(119)93-54(35-97)67(111)83-34-62(106)107)88-71(115)50(27-38(3)4)89-72(116)52(29-44-31-80-46-19-14-13-18-45(44)46)91-73(117)53(30-57(79)99)92-77(121)63(39(5)6)95-74(118)51(28-43-16-11-10-12-17-43)90-69(113)48(22-24-61(104)105)87-68(112)47(21-23-60(102)103)86-66(110)42(9)84-64(108)40(7)78/h10-14,16-19,31,37-42,47-56,63,80,97-98H,15,20-30,32-36,78H2,1-9H3,(H2,79,99)(H,81,100)(H,82,109)(H,83,111)(H,84,108)(H,85,114)(H,86,110)(H,87,112)(H,88,115)(H,89,116)(H,90,113)(H,91,117)(H,92,121)(H,93,119)(H,94,120)(H,95,118)(H,102,103)(H,104,105)(H,106,107)/t40-,41-,42-,47-,48-,49-,50-,51-,52-,53-,54-,55-,56-,63-/m0/s1. The lowest BCUT2D eigenvalue weighted by atomic mass is 9.98. The molecule has 666 valence electrons. The van der Waals surface area contributed by atoms with Crippen LogP contribution in [0.2, 0.25) is 0 Å². The number of amides is 17. The van der Waals surface area contributed by atoms with Gasteiger partial charge in [-0.15, -0.1) is 0 Å². The number of benzene rings is 2. The van der Waals surface area contributed by atoms with Crippen molar-refractivity contribution in [2.75, 3.05) is 39.4 Å². The molecule has 4 rings (SSSR count). The molecular weight excluding hydrogens is 1590 g/mol. The first-order valence-corrected chi connectivity index (χ1v) is 39.2. The fourth-order valence-electron chi connectivity index (χ4n) is 12.4. The molecule has 44 nitrogen and oxygen atoms in total. The van der Waals surface area contributed by atoms with Crippen LogP contribution in [0.5, 0.6) is 0 Å². The van der Waals surface area contributed by atoms with Crippen molar-refractivity contribution in [3.8, 4) is 0 Å². The molecule has 0 unspecified atom stereocenters. The number of aliphatic hydroxyl groups is 2. The Morgan fingerprint density at radius 1 is 0.446 bits per heavy atom. The topological polar surface area (TPSA) is 694 Å². The number of nitrogens with two attached hydrogens (primary N) is 2. The van der Waals surface area contributed by atoms with Crippen LogP contribution in [0.3, 0.4) is 0 Å². The molecular formula is C77H113N19O25. The maximum Gasteiger partial charge on any atom is 0.322 e.